The van der Waals surface area contributed by atoms with Crippen LogP contribution < -0.4 is 15.8 Å². The fourth-order valence-corrected chi connectivity index (χ4v) is 3.01. The number of carbonyl (C=O) groups excluding carboxylic acids is 1. The first kappa shape index (κ1) is 17.4. The van der Waals surface area contributed by atoms with Gasteiger partial charge in [-0.3, -0.25) is 14.5 Å². The van der Waals surface area contributed by atoms with Crippen LogP contribution in [-0.2, 0) is 11.3 Å². The van der Waals surface area contributed by atoms with Gasteiger partial charge in [0.1, 0.15) is 5.02 Å². The van der Waals surface area contributed by atoms with Gasteiger partial charge in [0.05, 0.1) is 18.4 Å². The second kappa shape index (κ2) is 8.13. The van der Waals surface area contributed by atoms with E-state index in [9.17, 15) is 9.59 Å². The summed E-state index contributed by atoms with van der Waals surface area (Å²) < 4.78 is 0. The zero-order chi connectivity index (χ0) is 17.6. The summed E-state index contributed by atoms with van der Waals surface area (Å²) in [6.07, 6.45) is 1.56. The Morgan fingerprint density at radius 3 is 2.64 bits per heavy atom. The molecule has 0 radical (unpaired) electrons. The van der Waals surface area contributed by atoms with Gasteiger partial charge in [-0.15, -0.1) is 0 Å². The monoisotopic (exact) mass is 361 g/mol. The third-order valence-electron chi connectivity index (χ3n) is 4.19. The molecule has 25 heavy (non-hydrogen) atoms. The molecule has 0 aliphatic carbocycles. The van der Waals surface area contributed by atoms with Crippen molar-refractivity contribution in [3.05, 3.63) is 57.5 Å². The van der Waals surface area contributed by atoms with Crippen molar-refractivity contribution < 1.29 is 4.79 Å². The predicted octanol–water partition coefficient (Wildman–Crippen LogP) is 0.862. The highest BCUT2D eigenvalue weighted by atomic mass is 35.5. The SMILES string of the molecule is O=C(CN1CCN(c2cn[nH]c(=O)c2Cl)CC1)NCc1ccccc1. The number of aromatic amines is 1. The zero-order valence-electron chi connectivity index (χ0n) is 13.7. The minimum Gasteiger partial charge on any atom is -0.366 e. The van der Waals surface area contributed by atoms with Crippen LogP contribution in [0.1, 0.15) is 5.56 Å². The van der Waals surface area contributed by atoms with Crippen molar-refractivity contribution in [2.75, 3.05) is 37.6 Å². The number of H-pyrrole nitrogens is 1. The summed E-state index contributed by atoms with van der Waals surface area (Å²) >= 11 is 6.04. The van der Waals surface area contributed by atoms with Gasteiger partial charge in [-0.05, 0) is 5.56 Å². The van der Waals surface area contributed by atoms with Crippen molar-refractivity contribution in [3.8, 4) is 0 Å². The molecule has 1 fully saturated rings. The normalized spacial score (nSPS) is 15.2. The quantitative estimate of drug-likeness (QED) is 0.825. The lowest BCUT2D eigenvalue weighted by Crippen LogP contribution is -2.49. The summed E-state index contributed by atoms with van der Waals surface area (Å²) in [5.41, 5.74) is 1.33. The second-order valence-corrected chi connectivity index (χ2v) is 6.30. The number of benzene rings is 1. The molecule has 1 saturated heterocycles. The number of nitrogens with zero attached hydrogens (tertiary/aromatic N) is 3. The molecule has 1 aliphatic rings. The summed E-state index contributed by atoms with van der Waals surface area (Å²) in [7, 11) is 0. The molecule has 8 heteroatoms. The van der Waals surface area contributed by atoms with Gasteiger partial charge >= 0.3 is 0 Å². The number of anilines is 1. The highest BCUT2D eigenvalue weighted by Crippen LogP contribution is 2.21. The lowest BCUT2D eigenvalue weighted by Gasteiger charge is -2.35. The first-order valence-corrected chi connectivity index (χ1v) is 8.52. The van der Waals surface area contributed by atoms with E-state index in [4.69, 9.17) is 11.6 Å². The molecule has 1 aromatic heterocycles. The summed E-state index contributed by atoms with van der Waals surface area (Å²) in [6.45, 7) is 3.73. The third kappa shape index (κ3) is 4.58. The van der Waals surface area contributed by atoms with Crippen LogP contribution in [-0.4, -0.2) is 53.7 Å². The van der Waals surface area contributed by atoms with Crippen LogP contribution in [0.3, 0.4) is 0 Å². The molecule has 0 spiro atoms. The Balaban J connectivity index is 1.47. The van der Waals surface area contributed by atoms with E-state index >= 15 is 0 Å². The number of rotatable bonds is 5. The van der Waals surface area contributed by atoms with Crippen LogP contribution in [0.2, 0.25) is 5.02 Å². The third-order valence-corrected chi connectivity index (χ3v) is 4.56. The van der Waals surface area contributed by atoms with Crippen LogP contribution in [0.25, 0.3) is 0 Å². The van der Waals surface area contributed by atoms with Gasteiger partial charge in [-0.2, -0.15) is 5.10 Å². The lowest BCUT2D eigenvalue weighted by molar-refractivity contribution is -0.122. The molecule has 1 aliphatic heterocycles. The highest BCUT2D eigenvalue weighted by molar-refractivity contribution is 6.33. The molecule has 0 bridgehead atoms. The molecule has 2 aromatic rings. The van der Waals surface area contributed by atoms with Gasteiger partial charge in [0, 0.05) is 32.7 Å². The molecular formula is C17H20ClN5O2. The van der Waals surface area contributed by atoms with Crippen LogP contribution >= 0.6 is 11.6 Å². The molecule has 0 unspecified atom stereocenters. The summed E-state index contributed by atoms with van der Waals surface area (Å²) in [5.74, 6) is 0.00755. The van der Waals surface area contributed by atoms with Gasteiger partial charge in [0.25, 0.3) is 5.56 Å². The molecular weight excluding hydrogens is 342 g/mol. The van der Waals surface area contributed by atoms with Gasteiger partial charge < -0.3 is 10.2 Å². The number of hydrogen-bond donors (Lipinski definition) is 2. The Kier molecular flexibility index (Phi) is 5.67. The Hall–Kier alpha value is -2.38. The van der Waals surface area contributed by atoms with Crippen molar-refractivity contribution >= 4 is 23.2 Å². The maximum atomic E-state index is 12.1. The topological polar surface area (TPSA) is 81.3 Å². The Morgan fingerprint density at radius 1 is 1.20 bits per heavy atom. The van der Waals surface area contributed by atoms with Gasteiger partial charge in [-0.1, -0.05) is 41.9 Å². The molecule has 132 valence electrons. The second-order valence-electron chi connectivity index (χ2n) is 5.92. The molecule has 0 atom stereocenters. The van der Waals surface area contributed by atoms with Crippen molar-refractivity contribution in [1.29, 1.82) is 0 Å². The summed E-state index contributed by atoms with van der Waals surface area (Å²) in [4.78, 5) is 27.7. The zero-order valence-corrected chi connectivity index (χ0v) is 14.5. The average Bonchev–Trinajstić information content (AvgIpc) is 2.64. The fourth-order valence-electron chi connectivity index (χ4n) is 2.80. The Labute approximate surface area is 150 Å². The van der Waals surface area contributed by atoms with Crippen LogP contribution in [0.5, 0.6) is 0 Å². The number of aromatic nitrogens is 2. The van der Waals surface area contributed by atoms with E-state index in [1.54, 1.807) is 6.20 Å². The van der Waals surface area contributed by atoms with E-state index in [1.807, 2.05) is 35.2 Å². The van der Waals surface area contributed by atoms with Crippen LogP contribution in [0.15, 0.2) is 41.3 Å². The van der Waals surface area contributed by atoms with Crippen molar-refractivity contribution in [3.63, 3.8) is 0 Å². The maximum absolute atomic E-state index is 12.1. The first-order chi connectivity index (χ1) is 12.1. The van der Waals surface area contributed by atoms with E-state index in [0.717, 1.165) is 18.7 Å². The molecule has 7 nitrogen and oxygen atoms in total. The molecule has 3 rings (SSSR count). The minimum atomic E-state index is -0.387. The van der Waals surface area contributed by atoms with E-state index in [-0.39, 0.29) is 16.5 Å². The van der Waals surface area contributed by atoms with Crippen LogP contribution in [0.4, 0.5) is 5.69 Å². The van der Waals surface area contributed by atoms with E-state index in [2.05, 4.69) is 20.4 Å². The molecule has 1 amide bonds. The predicted molar refractivity (Wildman–Crippen MR) is 96.8 cm³/mol. The van der Waals surface area contributed by atoms with Gasteiger partial charge in [-0.25, -0.2) is 5.10 Å². The lowest BCUT2D eigenvalue weighted by atomic mass is 10.2. The average molecular weight is 362 g/mol. The molecule has 2 heterocycles. The fraction of sp³-hybridized carbons (Fsp3) is 0.353. The largest absolute Gasteiger partial charge is 0.366 e. The van der Waals surface area contributed by atoms with E-state index in [1.165, 1.54) is 0 Å². The van der Waals surface area contributed by atoms with E-state index < -0.39 is 0 Å². The number of amides is 1. The molecule has 1 aromatic carbocycles. The molecule has 2 N–H and O–H groups in total. The van der Waals surface area contributed by atoms with Crippen LogP contribution in [0, 0.1) is 0 Å². The standard InChI is InChI=1S/C17H20ClN5O2/c18-16-14(11-20-21-17(16)25)23-8-6-22(7-9-23)12-15(24)19-10-13-4-2-1-3-5-13/h1-5,11H,6-10,12H2,(H,19,24)(H,21,25). The van der Waals surface area contributed by atoms with Crippen molar-refractivity contribution in [2.24, 2.45) is 0 Å². The number of hydrogen-bond acceptors (Lipinski definition) is 5. The minimum absolute atomic E-state index is 0.00755. The molecule has 0 saturated carbocycles. The number of piperazine rings is 1. The smallest absolute Gasteiger partial charge is 0.285 e. The van der Waals surface area contributed by atoms with E-state index in [0.29, 0.717) is 31.9 Å². The summed E-state index contributed by atoms with van der Waals surface area (Å²) in [6, 6.07) is 9.83. The van der Waals surface area contributed by atoms with Gasteiger partial charge in [0.15, 0.2) is 0 Å². The maximum Gasteiger partial charge on any atom is 0.285 e. The van der Waals surface area contributed by atoms with Crippen molar-refractivity contribution in [2.45, 2.75) is 6.54 Å². The number of halogens is 1. The Bertz CT molecular complexity index is 772. The van der Waals surface area contributed by atoms with Gasteiger partial charge in [0.2, 0.25) is 5.91 Å². The number of carbonyl (C=O) groups is 1. The Morgan fingerprint density at radius 2 is 1.92 bits per heavy atom. The first-order valence-electron chi connectivity index (χ1n) is 8.14. The summed E-state index contributed by atoms with van der Waals surface area (Å²) in [5, 5.41) is 9.20. The number of nitrogens with one attached hydrogen (secondary N) is 2. The van der Waals surface area contributed by atoms with Crippen molar-refractivity contribution in [1.82, 2.24) is 20.4 Å². The highest BCUT2D eigenvalue weighted by Gasteiger charge is 2.21.